The Balaban J connectivity index is 3.86. The Morgan fingerprint density at radius 3 is 2.39 bits per heavy atom. The Bertz CT molecular complexity index is 331. The third kappa shape index (κ3) is 11.2. The van der Waals surface area contributed by atoms with Gasteiger partial charge in [0.2, 0.25) is 0 Å². The van der Waals surface area contributed by atoms with Crippen LogP contribution in [-0.2, 0) is 4.79 Å². The van der Waals surface area contributed by atoms with E-state index in [0.717, 1.165) is 25.7 Å². The highest BCUT2D eigenvalue weighted by Gasteiger charge is 1.97. The van der Waals surface area contributed by atoms with Crippen molar-refractivity contribution < 1.29 is 9.90 Å². The van der Waals surface area contributed by atoms with Crippen LogP contribution in [0.3, 0.4) is 0 Å². The van der Waals surface area contributed by atoms with Gasteiger partial charge in [0.25, 0.3) is 0 Å². The Hall–Kier alpha value is -1.31. The second-order valence-electron chi connectivity index (χ2n) is 5.12. The van der Waals surface area contributed by atoms with Gasteiger partial charge in [-0.1, -0.05) is 36.3 Å². The standard InChI is InChI=1S/C16H26O2/c1-13(2)7-5-8-14(3)9-6-10-15(4)11-12-16(17)18/h7,9,11-12,15H,5-6,8,10H2,1-4H3,(H,17,18)/b12-11+,14-9+/t15-/m1/s1. The summed E-state index contributed by atoms with van der Waals surface area (Å²) in [5.74, 6) is -0.543. The van der Waals surface area contributed by atoms with Crippen molar-refractivity contribution in [2.75, 3.05) is 0 Å². The number of carbonyl (C=O) groups is 1. The summed E-state index contributed by atoms with van der Waals surface area (Å²) >= 11 is 0. The smallest absolute Gasteiger partial charge is 0.327 e. The lowest BCUT2D eigenvalue weighted by Crippen LogP contribution is -1.92. The van der Waals surface area contributed by atoms with E-state index in [1.165, 1.54) is 17.2 Å². The number of carboxylic acids is 1. The first-order chi connectivity index (χ1) is 8.41. The van der Waals surface area contributed by atoms with Gasteiger partial charge in [-0.2, -0.15) is 0 Å². The van der Waals surface area contributed by atoms with Crippen molar-refractivity contribution in [3.63, 3.8) is 0 Å². The molecule has 0 aromatic heterocycles. The average Bonchev–Trinajstić information content (AvgIpc) is 2.25. The second-order valence-corrected chi connectivity index (χ2v) is 5.12. The molecule has 0 aliphatic carbocycles. The maximum atomic E-state index is 10.4. The zero-order chi connectivity index (χ0) is 14.0. The molecule has 0 aliphatic rings. The highest BCUT2D eigenvalue weighted by atomic mass is 16.4. The van der Waals surface area contributed by atoms with Gasteiger partial charge in [-0.25, -0.2) is 4.79 Å². The van der Waals surface area contributed by atoms with Crippen molar-refractivity contribution >= 4 is 5.97 Å². The predicted molar refractivity (Wildman–Crippen MR) is 77.6 cm³/mol. The average molecular weight is 250 g/mol. The van der Waals surface area contributed by atoms with Gasteiger partial charge >= 0.3 is 5.97 Å². The van der Waals surface area contributed by atoms with Crippen molar-refractivity contribution in [1.82, 2.24) is 0 Å². The van der Waals surface area contributed by atoms with E-state index in [2.05, 4.69) is 32.9 Å². The van der Waals surface area contributed by atoms with Crippen LogP contribution in [0, 0.1) is 5.92 Å². The van der Waals surface area contributed by atoms with Crippen molar-refractivity contribution in [2.24, 2.45) is 5.92 Å². The molecule has 0 unspecified atom stereocenters. The molecule has 2 nitrogen and oxygen atoms in total. The third-order valence-electron chi connectivity index (χ3n) is 2.77. The number of aliphatic carboxylic acids is 1. The predicted octanol–water partition coefficient (Wildman–Crippen LogP) is 4.74. The molecule has 0 aliphatic heterocycles. The van der Waals surface area contributed by atoms with Gasteiger partial charge in [0.15, 0.2) is 0 Å². The molecule has 18 heavy (non-hydrogen) atoms. The molecular formula is C16H26O2. The summed E-state index contributed by atoms with van der Waals surface area (Å²) in [5, 5.41) is 8.51. The van der Waals surface area contributed by atoms with E-state index in [-0.39, 0.29) is 0 Å². The van der Waals surface area contributed by atoms with Crippen LogP contribution in [0.25, 0.3) is 0 Å². The molecule has 0 bridgehead atoms. The van der Waals surface area contributed by atoms with Gasteiger partial charge in [-0.3, -0.25) is 0 Å². The lowest BCUT2D eigenvalue weighted by Gasteiger charge is -2.04. The number of carboxylic acid groups (broad SMARTS) is 1. The summed E-state index contributed by atoms with van der Waals surface area (Å²) < 4.78 is 0. The quantitative estimate of drug-likeness (QED) is 0.499. The molecule has 0 aromatic carbocycles. The van der Waals surface area contributed by atoms with E-state index in [4.69, 9.17) is 5.11 Å². The van der Waals surface area contributed by atoms with Gasteiger partial charge in [0, 0.05) is 6.08 Å². The zero-order valence-electron chi connectivity index (χ0n) is 12.1. The molecule has 0 amide bonds. The summed E-state index contributed by atoms with van der Waals surface area (Å²) in [6.45, 7) is 8.45. The largest absolute Gasteiger partial charge is 0.478 e. The molecule has 0 heterocycles. The number of allylic oxidation sites excluding steroid dienone is 5. The van der Waals surface area contributed by atoms with Crippen LogP contribution < -0.4 is 0 Å². The minimum atomic E-state index is -0.865. The SMILES string of the molecule is CC(C)=CCC/C(C)=C/CC[C@@H](C)/C=C/C(=O)O. The first-order valence-electron chi connectivity index (χ1n) is 6.62. The van der Waals surface area contributed by atoms with Crippen LogP contribution in [0.5, 0.6) is 0 Å². The van der Waals surface area contributed by atoms with E-state index in [9.17, 15) is 4.79 Å². The summed E-state index contributed by atoms with van der Waals surface area (Å²) in [6.07, 6.45) is 11.8. The molecule has 1 N–H and O–H groups in total. The molecule has 102 valence electrons. The molecule has 0 saturated heterocycles. The lowest BCUT2D eigenvalue weighted by atomic mass is 10.0. The van der Waals surface area contributed by atoms with E-state index in [0.29, 0.717) is 5.92 Å². The molecule has 0 spiro atoms. The number of hydrogen-bond donors (Lipinski definition) is 1. The minimum absolute atomic E-state index is 0.322. The molecule has 2 heteroatoms. The maximum Gasteiger partial charge on any atom is 0.327 e. The van der Waals surface area contributed by atoms with E-state index < -0.39 is 5.97 Å². The third-order valence-corrected chi connectivity index (χ3v) is 2.77. The van der Waals surface area contributed by atoms with Crippen LogP contribution in [-0.4, -0.2) is 11.1 Å². The fourth-order valence-corrected chi connectivity index (χ4v) is 1.63. The van der Waals surface area contributed by atoms with Crippen molar-refractivity contribution in [2.45, 2.75) is 53.4 Å². The van der Waals surface area contributed by atoms with Gasteiger partial charge in [0.1, 0.15) is 0 Å². The molecule has 0 radical (unpaired) electrons. The highest BCUT2D eigenvalue weighted by molar-refractivity contribution is 5.79. The summed E-state index contributed by atoms with van der Waals surface area (Å²) in [5.41, 5.74) is 2.79. The van der Waals surface area contributed by atoms with E-state index in [1.807, 2.05) is 6.92 Å². The minimum Gasteiger partial charge on any atom is -0.478 e. The van der Waals surface area contributed by atoms with Gasteiger partial charge in [-0.05, 0) is 52.4 Å². The molecule has 0 fully saturated rings. The first-order valence-corrected chi connectivity index (χ1v) is 6.62. The highest BCUT2D eigenvalue weighted by Crippen LogP contribution is 2.12. The van der Waals surface area contributed by atoms with Crippen molar-refractivity contribution in [3.05, 3.63) is 35.5 Å². The van der Waals surface area contributed by atoms with Gasteiger partial charge in [-0.15, -0.1) is 0 Å². The lowest BCUT2D eigenvalue weighted by molar-refractivity contribution is -0.131. The number of hydrogen-bond acceptors (Lipinski definition) is 1. The van der Waals surface area contributed by atoms with Gasteiger partial charge < -0.3 is 5.11 Å². The fourth-order valence-electron chi connectivity index (χ4n) is 1.63. The number of rotatable bonds is 8. The summed E-state index contributed by atoms with van der Waals surface area (Å²) in [6, 6.07) is 0. The van der Waals surface area contributed by atoms with Crippen LogP contribution in [0.4, 0.5) is 0 Å². The molecule has 0 rings (SSSR count). The van der Waals surface area contributed by atoms with Gasteiger partial charge in [0.05, 0.1) is 0 Å². The zero-order valence-corrected chi connectivity index (χ0v) is 12.1. The Labute approximate surface area is 111 Å². The Morgan fingerprint density at radius 1 is 1.17 bits per heavy atom. The van der Waals surface area contributed by atoms with Crippen molar-refractivity contribution in [1.29, 1.82) is 0 Å². The fraction of sp³-hybridized carbons (Fsp3) is 0.562. The summed E-state index contributed by atoms with van der Waals surface area (Å²) in [4.78, 5) is 10.4. The monoisotopic (exact) mass is 250 g/mol. The Morgan fingerprint density at radius 2 is 1.83 bits per heavy atom. The van der Waals surface area contributed by atoms with Crippen LogP contribution in [0.15, 0.2) is 35.5 Å². The van der Waals surface area contributed by atoms with E-state index in [1.54, 1.807) is 6.08 Å². The van der Waals surface area contributed by atoms with Crippen molar-refractivity contribution in [3.8, 4) is 0 Å². The molecule has 0 aromatic rings. The first kappa shape index (κ1) is 16.7. The van der Waals surface area contributed by atoms with E-state index >= 15 is 0 Å². The second kappa shape index (κ2) is 9.69. The molecular weight excluding hydrogens is 224 g/mol. The Kier molecular flexibility index (Phi) is 8.99. The molecule has 1 atom stereocenters. The topological polar surface area (TPSA) is 37.3 Å². The maximum absolute atomic E-state index is 10.4. The van der Waals surface area contributed by atoms with Crippen LogP contribution in [0.1, 0.15) is 53.4 Å². The summed E-state index contributed by atoms with van der Waals surface area (Å²) in [7, 11) is 0. The molecule has 0 saturated carbocycles. The van der Waals surface area contributed by atoms with Crippen LogP contribution >= 0.6 is 0 Å². The van der Waals surface area contributed by atoms with Crippen LogP contribution in [0.2, 0.25) is 0 Å². The normalized spacial score (nSPS) is 13.7.